The molecule has 1 aliphatic carbocycles. The van der Waals surface area contributed by atoms with Crippen molar-refractivity contribution in [2.75, 3.05) is 0 Å². The summed E-state index contributed by atoms with van der Waals surface area (Å²) in [6, 6.07) is 7.22. The van der Waals surface area contributed by atoms with Crippen LogP contribution >= 0.6 is 0 Å². The predicted octanol–water partition coefficient (Wildman–Crippen LogP) is 1.47. The number of carbonyl (C=O) groups excluding carboxylic acids is 2. The molecule has 1 aliphatic rings. The van der Waals surface area contributed by atoms with Gasteiger partial charge < -0.3 is 0 Å². The molecule has 12 heavy (non-hydrogen) atoms. The lowest BCUT2D eigenvalue weighted by atomic mass is 10.0. The molecule has 1 aromatic carbocycles. The van der Waals surface area contributed by atoms with Gasteiger partial charge in [0.05, 0.1) is 5.92 Å². The number of hydrogen-bond acceptors (Lipinski definition) is 2. The molecule has 2 rings (SSSR count). The number of Topliss-reactive ketones (excluding diaryl/α,β-unsaturated/α-hetero) is 1. The highest BCUT2D eigenvalue weighted by molar-refractivity contribution is 6.04. The van der Waals surface area contributed by atoms with Crippen LogP contribution in [-0.4, -0.2) is 12.1 Å². The van der Waals surface area contributed by atoms with Crippen molar-refractivity contribution in [3.8, 4) is 0 Å². The van der Waals surface area contributed by atoms with E-state index < -0.39 is 0 Å². The standard InChI is InChI=1S/C10H7O2/c11-6-7-5-10(12)9-4-2-1-3-8(7)9/h1-4,7H,5H2. The van der Waals surface area contributed by atoms with Gasteiger partial charge in [-0.15, -0.1) is 0 Å². The van der Waals surface area contributed by atoms with E-state index in [0.717, 1.165) is 5.56 Å². The molecule has 1 aromatic rings. The Morgan fingerprint density at radius 2 is 2.08 bits per heavy atom. The molecule has 0 saturated heterocycles. The van der Waals surface area contributed by atoms with Crippen LogP contribution in [0.25, 0.3) is 0 Å². The molecular weight excluding hydrogens is 152 g/mol. The van der Waals surface area contributed by atoms with E-state index in [0.29, 0.717) is 12.0 Å². The Labute approximate surface area is 70.2 Å². The van der Waals surface area contributed by atoms with E-state index in [-0.39, 0.29) is 11.7 Å². The van der Waals surface area contributed by atoms with Gasteiger partial charge in [0.15, 0.2) is 5.78 Å². The van der Waals surface area contributed by atoms with E-state index in [1.165, 1.54) is 0 Å². The maximum Gasteiger partial charge on any atom is 0.206 e. The van der Waals surface area contributed by atoms with E-state index >= 15 is 0 Å². The molecule has 0 saturated carbocycles. The first kappa shape index (κ1) is 7.22. The number of hydrogen-bond donors (Lipinski definition) is 0. The fourth-order valence-electron chi connectivity index (χ4n) is 1.57. The molecule has 0 N–H and O–H groups in total. The Hall–Kier alpha value is -1.44. The van der Waals surface area contributed by atoms with Crippen molar-refractivity contribution in [2.24, 2.45) is 0 Å². The van der Waals surface area contributed by atoms with Gasteiger partial charge in [-0.2, -0.15) is 0 Å². The molecule has 2 nitrogen and oxygen atoms in total. The number of ketones is 1. The van der Waals surface area contributed by atoms with Gasteiger partial charge >= 0.3 is 0 Å². The first-order chi connectivity index (χ1) is 5.83. The molecule has 0 spiro atoms. The lowest BCUT2D eigenvalue weighted by Crippen LogP contribution is -1.93. The SMILES string of the molecule is O=[C]C1CC(=O)c2ccccc21. The number of fused-ring (bicyclic) bond motifs is 1. The second-order valence-electron chi connectivity index (χ2n) is 2.88. The minimum Gasteiger partial charge on any atom is -0.294 e. The highest BCUT2D eigenvalue weighted by Crippen LogP contribution is 2.30. The van der Waals surface area contributed by atoms with Crippen LogP contribution in [0, 0.1) is 0 Å². The zero-order valence-electron chi connectivity index (χ0n) is 6.41. The van der Waals surface area contributed by atoms with E-state index in [2.05, 4.69) is 0 Å². The van der Waals surface area contributed by atoms with Crippen LogP contribution in [-0.2, 0) is 4.79 Å². The molecule has 0 bridgehead atoms. The minimum atomic E-state index is -0.325. The molecule has 0 amide bonds. The maximum absolute atomic E-state index is 11.3. The van der Waals surface area contributed by atoms with Gasteiger partial charge in [0, 0.05) is 12.0 Å². The molecular formula is C10H7O2. The van der Waals surface area contributed by atoms with Crippen LogP contribution in [0.4, 0.5) is 0 Å². The summed E-state index contributed by atoms with van der Waals surface area (Å²) in [6.07, 6.45) is 2.17. The van der Waals surface area contributed by atoms with Gasteiger partial charge in [0.2, 0.25) is 6.29 Å². The molecule has 1 unspecified atom stereocenters. The topological polar surface area (TPSA) is 34.1 Å². The first-order valence-electron chi connectivity index (χ1n) is 3.82. The molecule has 0 heterocycles. The maximum atomic E-state index is 11.3. The van der Waals surface area contributed by atoms with Gasteiger partial charge in [-0.1, -0.05) is 24.3 Å². The summed E-state index contributed by atoms with van der Waals surface area (Å²) >= 11 is 0. The van der Waals surface area contributed by atoms with Crippen LogP contribution in [0.15, 0.2) is 24.3 Å². The van der Waals surface area contributed by atoms with Crippen LogP contribution in [0.3, 0.4) is 0 Å². The molecule has 2 heteroatoms. The third-order valence-electron chi connectivity index (χ3n) is 2.17. The Balaban J connectivity index is 2.57. The second-order valence-corrected chi connectivity index (χ2v) is 2.88. The average molecular weight is 159 g/mol. The lowest BCUT2D eigenvalue weighted by molar-refractivity contribution is 0.0992. The number of rotatable bonds is 1. The highest BCUT2D eigenvalue weighted by Gasteiger charge is 2.28. The Bertz CT molecular complexity index is 341. The van der Waals surface area contributed by atoms with E-state index in [1.54, 1.807) is 6.07 Å². The van der Waals surface area contributed by atoms with Crippen LogP contribution in [0.5, 0.6) is 0 Å². The summed E-state index contributed by atoms with van der Waals surface area (Å²) < 4.78 is 0. The van der Waals surface area contributed by atoms with Crippen molar-refractivity contribution in [3.63, 3.8) is 0 Å². The van der Waals surface area contributed by atoms with Gasteiger partial charge in [-0.05, 0) is 5.56 Å². The Morgan fingerprint density at radius 1 is 1.33 bits per heavy atom. The van der Waals surface area contributed by atoms with E-state index in [1.807, 2.05) is 24.5 Å². The van der Waals surface area contributed by atoms with Crippen molar-refractivity contribution >= 4 is 12.1 Å². The van der Waals surface area contributed by atoms with Crippen molar-refractivity contribution in [1.29, 1.82) is 0 Å². The van der Waals surface area contributed by atoms with Gasteiger partial charge in [0.25, 0.3) is 0 Å². The molecule has 0 aliphatic heterocycles. The molecule has 0 fully saturated rings. The summed E-state index contributed by atoms with van der Waals surface area (Å²) in [4.78, 5) is 21.7. The van der Waals surface area contributed by atoms with Crippen LogP contribution in [0.1, 0.15) is 28.3 Å². The zero-order chi connectivity index (χ0) is 8.55. The number of benzene rings is 1. The summed E-state index contributed by atoms with van der Waals surface area (Å²) in [5, 5.41) is 0. The lowest BCUT2D eigenvalue weighted by Gasteiger charge is -1.97. The molecule has 1 radical (unpaired) electrons. The summed E-state index contributed by atoms with van der Waals surface area (Å²) in [5.41, 5.74) is 1.52. The molecule has 1 atom stereocenters. The van der Waals surface area contributed by atoms with Crippen LogP contribution < -0.4 is 0 Å². The van der Waals surface area contributed by atoms with Gasteiger partial charge in [-0.3, -0.25) is 9.59 Å². The van der Waals surface area contributed by atoms with E-state index in [9.17, 15) is 9.59 Å². The normalized spacial score (nSPS) is 20.7. The fraction of sp³-hybridized carbons (Fsp3) is 0.200. The number of carbonyl (C=O) groups is 1. The smallest absolute Gasteiger partial charge is 0.206 e. The van der Waals surface area contributed by atoms with Crippen molar-refractivity contribution in [3.05, 3.63) is 35.4 Å². The Morgan fingerprint density at radius 3 is 2.83 bits per heavy atom. The highest BCUT2D eigenvalue weighted by atomic mass is 16.1. The largest absolute Gasteiger partial charge is 0.294 e. The first-order valence-corrected chi connectivity index (χ1v) is 3.82. The third-order valence-corrected chi connectivity index (χ3v) is 2.17. The van der Waals surface area contributed by atoms with Crippen molar-refractivity contribution in [1.82, 2.24) is 0 Å². The summed E-state index contributed by atoms with van der Waals surface area (Å²) in [5.74, 6) is -0.271. The fourth-order valence-corrected chi connectivity index (χ4v) is 1.57. The predicted molar refractivity (Wildman–Crippen MR) is 43.8 cm³/mol. The van der Waals surface area contributed by atoms with Crippen LogP contribution in [0.2, 0.25) is 0 Å². The van der Waals surface area contributed by atoms with Crippen molar-refractivity contribution in [2.45, 2.75) is 12.3 Å². The van der Waals surface area contributed by atoms with E-state index in [4.69, 9.17) is 0 Å². The van der Waals surface area contributed by atoms with Gasteiger partial charge in [0.1, 0.15) is 0 Å². The third kappa shape index (κ3) is 0.881. The Kier molecular flexibility index (Phi) is 1.54. The second kappa shape index (κ2) is 2.55. The van der Waals surface area contributed by atoms with Crippen molar-refractivity contribution < 1.29 is 9.59 Å². The minimum absolute atomic E-state index is 0.0546. The quantitative estimate of drug-likeness (QED) is 0.621. The summed E-state index contributed by atoms with van der Waals surface area (Å²) in [6.45, 7) is 0. The molecule has 59 valence electrons. The summed E-state index contributed by atoms with van der Waals surface area (Å²) in [7, 11) is 0. The average Bonchev–Trinajstić information content (AvgIpc) is 2.44. The molecule has 0 aromatic heterocycles. The zero-order valence-corrected chi connectivity index (χ0v) is 6.41. The van der Waals surface area contributed by atoms with Gasteiger partial charge in [-0.25, -0.2) is 0 Å². The monoisotopic (exact) mass is 159 g/mol.